The average Bonchev–Trinajstić information content (AvgIpc) is 2.40. The lowest BCUT2D eigenvalue weighted by Crippen LogP contribution is -2.19. The number of hydrogen-bond donors (Lipinski definition) is 0. The van der Waals surface area contributed by atoms with Crippen LogP contribution in [0.2, 0.25) is 5.02 Å². The fourth-order valence-electron chi connectivity index (χ4n) is 1.75. The molecule has 0 aromatic heterocycles. The number of Topliss-reactive ketones (excluding diaryl/α,β-unsaturated/α-hetero) is 1. The van der Waals surface area contributed by atoms with Crippen LogP contribution in [0.25, 0.3) is 0 Å². The molecule has 0 aliphatic heterocycles. The number of halogens is 1. The molecule has 104 valence electrons. The first-order valence-corrected chi connectivity index (χ1v) is 6.82. The Bertz CT molecular complexity index is 592. The predicted octanol–water partition coefficient (Wildman–Crippen LogP) is 5.36. The molecule has 0 heterocycles. The molecule has 2 aromatic rings. The number of carbonyl (C=O) groups is 1. The zero-order valence-electron chi connectivity index (χ0n) is 11.8. The molecule has 0 saturated carbocycles. The SMILES string of the molecule is CC(C)(C)C(=O)c1ccc(Oc2ccc(Cl)cc2)cc1. The van der Waals surface area contributed by atoms with E-state index in [0.717, 1.165) is 0 Å². The minimum atomic E-state index is -0.376. The summed E-state index contributed by atoms with van der Waals surface area (Å²) in [4.78, 5) is 12.1. The molecular formula is C17H17ClO2. The van der Waals surface area contributed by atoms with E-state index in [0.29, 0.717) is 22.1 Å². The zero-order valence-corrected chi connectivity index (χ0v) is 12.6. The van der Waals surface area contributed by atoms with Gasteiger partial charge < -0.3 is 4.74 Å². The Hall–Kier alpha value is -1.80. The van der Waals surface area contributed by atoms with Crippen LogP contribution in [-0.4, -0.2) is 5.78 Å². The number of ketones is 1. The summed E-state index contributed by atoms with van der Waals surface area (Å²) in [6.45, 7) is 5.73. The van der Waals surface area contributed by atoms with Gasteiger partial charge in [-0.05, 0) is 48.5 Å². The van der Waals surface area contributed by atoms with Gasteiger partial charge in [0.05, 0.1) is 0 Å². The number of carbonyl (C=O) groups excluding carboxylic acids is 1. The van der Waals surface area contributed by atoms with E-state index < -0.39 is 0 Å². The third-order valence-corrected chi connectivity index (χ3v) is 3.10. The quantitative estimate of drug-likeness (QED) is 0.711. The lowest BCUT2D eigenvalue weighted by molar-refractivity contribution is 0.0858. The van der Waals surface area contributed by atoms with Crippen LogP contribution < -0.4 is 4.74 Å². The van der Waals surface area contributed by atoms with E-state index in [1.807, 2.05) is 20.8 Å². The molecule has 0 atom stereocenters. The Morgan fingerprint density at radius 2 is 1.35 bits per heavy atom. The van der Waals surface area contributed by atoms with Gasteiger partial charge in [0, 0.05) is 16.0 Å². The van der Waals surface area contributed by atoms with E-state index in [2.05, 4.69) is 0 Å². The van der Waals surface area contributed by atoms with Gasteiger partial charge >= 0.3 is 0 Å². The molecule has 2 nitrogen and oxygen atoms in total. The summed E-state index contributed by atoms with van der Waals surface area (Å²) in [5.74, 6) is 1.53. The molecule has 0 amide bonds. The van der Waals surface area contributed by atoms with Crippen molar-refractivity contribution in [2.75, 3.05) is 0 Å². The van der Waals surface area contributed by atoms with E-state index in [4.69, 9.17) is 16.3 Å². The Morgan fingerprint density at radius 3 is 1.80 bits per heavy atom. The molecule has 2 rings (SSSR count). The second kappa shape index (κ2) is 5.68. The predicted molar refractivity (Wildman–Crippen MR) is 81.8 cm³/mol. The molecule has 0 aliphatic carbocycles. The van der Waals surface area contributed by atoms with Gasteiger partial charge in [0.1, 0.15) is 11.5 Å². The summed E-state index contributed by atoms with van der Waals surface area (Å²) in [5, 5.41) is 0.670. The summed E-state index contributed by atoms with van der Waals surface area (Å²) in [7, 11) is 0. The van der Waals surface area contributed by atoms with Crippen LogP contribution in [0, 0.1) is 5.41 Å². The van der Waals surface area contributed by atoms with Crippen LogP contribution in [-0.2, 0) is 0 Å². The van der Waals surface area contributed by atoms with Crippen molar-refractivity contribution in [2.45, 2.75) is 20.8 Å². The highest BCUT2D eigenvalue weighted by molar-refractivity contribution is 6.30. The summed E-state index contributed by atoms with van der Waals surface area (Å²) in [6, 6.07) is 14.3. The fourth-order valence-corrected chi connectivity index (χ4v) is 1.87. The number of hydrogen-bond acceptors (Lipinski definition) is 2. The monoisotopic (exact) mass is 288 g/mol. The highest BCUT2D eigenvalue weighted by atomic mass is 35.5. The maximum Gasteiger partial charge on any atom is 0.168 e. The first kappa shape index (κ1) is 14.6. The van der Waals surface area contributed by atoms with E-state index in [1.54, 1.807) is 48.5 Å². The maximum absolute atomic E-state index is 12.1. The van der Waals surface area contributed by atoms with Crippen LogP contribution in [0.15, 0.2) is 48.5 Å². The van der Waals surface area contributed by atoms with Crippen LogP contribution in [0.5, 0.6) is 11.5 Å². The van der Waals surface area contributed by atoms with Crippen LogP contribution in [0.1, 0.15) is 31.1 Å². The van der Waals surface area contributed by atoms with Crippen LogP contribution >= 0.6 is 11.6 Å². The number of rotatable bonds is 3. The Morgan fingerprint density at radius 1 is 0.900 bits per heavy atom. The molecule has 0 spiro atoms. The van der Waals surface area contributed by atoms with Crippen molar-refractivity contribution in [3.05, 3.63) is 59.1 Å². The van der Waals surface area contributed by atoms with E-state index >= 15 is 0 Å². The molecule has 0 N–H and O–H groups in total. The Balaban J connectivity index is 2.12. The van der Waals surface area contributed by atoms with E-state index in [-0.39, 0.29) is 11.2 Å². The summed E-state index contributed by atoms with van der Waals surface area (Å²) in [6.07, 6.45) is 0. The van der Waals surface area contributed by atoms with Crippen LogP contribution in [0.3, 0.4) is 0 Å². The Labute approximate surface area is 124 Å². The van der Waals surface area contributed by atoms with Gasteiger partial charge in [-0.15, -0.1) is 0 Å². The van der Waals surface area contributed by atoms with Gasteiger partial charge in [-0.2, -0.15) is 0 Å². The van der Waals surface area contributed by atoms with Crippen molar-refractivity contribution < 1.29 is 9.53 Å². The Kier molecular flexibility index (Phi) is 4.15. The summed E-state index contributed by atoms with van der Waals surface area (Å²) >= 11 is 5.82. The smallest absolute Gasteiger partial charge is 0.168 e. The molecule has 3 heteroatoms. The van der Waals surface area contributed by atoms with Gasteiger partial charge in [0.15, 0.2) is 5.78 Å². The average molecular weight is 289 g/mol. The second-order valence-electron chi connectivity index (χ2n) is 5.66. The van der Waals surface area contributed by atoms with E-state index in [1.165, 1.54) is 0 Å². The standard InChI is InChI=1S/C17H17ClO2/c1-17(2,3)16(19)12-4-8-14(9-5-12)20-15-10-6-13(18)7-11-15/h4-11H,1-3H3. The van der Waals surface area contributed by atoms with Gasteiger partial charge in [-0.25, -0.2) is 0 Å². The molecule has 0 radical (unpaired) electrons. The van der Waals surface area contributed by atoms with Crippen molar-refractivity contribution in [1.29, 1.82) is 0 Å². The van der Waals surface area contributed by atoms with Crippen LogP contribution in [0.4, 0.5) is 0 Å². The summed E-state index contributed by atoms with van der Waals surface area (Å²) < 4.78 is 5.68. The van der Waals surface area contributed by atoms with Gasteiger partial charge in [0.25, 0.3) is 0 Å². The molecule has 0 unspecified atom stereocenters. The van der Waals surface area contributed by atoms with E-state index in [9.17, 15) is 4.79 Å². The van der Waals surface area contributed by atoms with Gasteiger partial charge in [-0.3, -0.25) is 4.79 Å². The molecule has 0 saturated heterocycles. The molecule has 20 heavy (non-hydrogen) atoms. The highest BCUT2D eigenvalue weighted by Crippen LogP contribution is 2.25. The van der Waals surface area contributed by atoms with Gasteiger partial charge in [-0.1, -0.05) is 32.4 Å². The molecular weight excluding hydrogens is 272 g/mol. The van der Waals surface area contributed by atoms with Crippen molar-refractivity contribution in [2.24, 2.45) is 5.41 Å². The topological polar surface area (TPSA) is 26.3 Å². The van der Waals surface area contributed by atoms with Crippen molar-refractivity contribution in [3.8, 4) is 11.5 Å². The molecule has 0 bridgehead atoms. The highest BCUT2D eigenvalue weighted by Gasteiger charge is 2.22. The summed E-state index contributed by atoms with van der Waals surface area (Å²) in [5.41, 5.74) is 0.319. The maximum atomic E-state index is 12.1. The third-order valence-electron chi connectivity index (χ3n) is 2.85. The lowest BCUT2D eigenvalue weighted by atomic mass is 9.86. The minimum Gasteiger partial charge on any atom is -0.457 e. The number of benzene rings is 2. The third kappa shape index (κ3) is 3.61. The second-order valence-corrected chi connectivity index (χ2v) is 6.10. The van der Waals surface area contributed by atoms with Crippen molar-refractivity contribution >= 4 is 17.4 Å². The molecule has 2 aromatic carbocycles. The van der Waals surface area contributed by atoms with Gasteiger partial charge in [0.2, 0.25) is 0 Å². The largest absolute Gasteiger partial charge is 0.457 e. The minimum absolute atomic E-state index is 0.121. The zero-order chi connectivity index (χ0) is 14.8. The lowest BCUT2D eigenvalue weighted by Gasteiger charge is -2.16. The first-order valence-electron chi connectivity index (χ1n) is 6.44. The van der Waals surface area contributed by atoms with Crippen molar-refractivity contribution in [3.63, 3.8) is 0 Å². The molecule has 0 aliphatic rings. The molecule has 0 fully saturated rings. The van der Waals surface area contributed by atoms with Crippen molar-refractivity contribution in [1.82, 2.24) is 0 Å². The fraction of sp³-hybridized carbons (Fsp3) is 0.235. The normalized spacial score (nSPS) is 11.2. The first-order chi connectivity index (χ1) is 9.36. The number of ether oxygens (including phenoxy) is 1.